The van der Waals surface area contributed by atoms with Crippen LogP contribution >= 0.6 is 0 Å². The second-order valence-corrected chi connectivity index (χ2v) is 11.0. The summed E-state index contributed by atoms with van der Waals surface area (Å²) in [5, 5.41) is 72.0. The van der Waals surface area contributed by atoms with Crippen LogP contribution in [0.15, 0.2) is 4.99 Å². The van der Waals surface area contributed by atoms with E-state index >= 15 is 0 Å². The Morgan fingerprint density at radius 2 is 1.44 bits per heavy atom. The smallest absolute Gasteiger partial charge is 0.285 e. The van der Waals surface area contributed by atoms with Crippen molar-refractivity contribution in [1.29, 1.82) is 0 Å². The zero-order chi connectivity index (χ0) is 31.6. The molecular weight excluding hydrogens is 580 g/mol. The summed E-state index contributed by atoms with van der Waals surface area (Å²) < 4.78 is 34.5. The fourth-order valence-corrected chi connectivity index (χ4v) is 6.03. The minimum atomic E-state index is -1.63. The summed E-state index contributed by atoms with van der Waals surface area (Å²) in [6.07, 6.45) is -14.4. The van der Waals surface area contributed by atoms with Crippen LogP contribution in [0.4, 0.5) is 0 Å². The van der Waals surface area contributed by atoms with Gasteiger partial charge in [0.2, 0.25) is 11.8 Å². The molecule has 18 nitrogen and oxygen atoms in total. The molecule has 9 N–H and O–H groups in total. The number of hydrogen-bond donors (Lipinski definition) is 9. The highest BCUT2D eigenvalue weighted by Crippen LogP contribution is 2.38. The minimum Gasteiger partial charge on any atom is -0.459 e. The highest BCUT2D eigenvalue weighted by molar-refractivity contribution is 5.76. The average molecular weight is 623 g/mol. The van der Waals surface area contributed by atoms with Crippen molar-refractivity contribution in [2.24, 2.45) is 10.9 Å². The molecule has 15 atom stereocenters. The third-order valence-electron chi connectivity index (χ3n) is 8.06. The van der Waals surface area contributed by atoms with Crippen LogP contribution in [0.1, 0.15) is 13.8 Å². The lowest BCUT2D eigenvalue weighted by Crippen LogP contribution is -2.69. The van der Waals surface area contributed by atoms with Crippen LogP contribution < -0.4 is 16.0 Å². The van der Waals surface area contributed by atoms with E-state index in [1.54, 1.807) is 0 Å². The van der Waals surface area contributed by atoms with Crippen molar-refractivity contribution in [3.8, 4) is 0 Å². The normalized spacial score (nSPS) is 45.3. The number of amides is 2. The molecule has 246 valence electrons. The van der Waals surface area contributed by atoms with Gasteiger partial charge in [0.05, 0.1) is 37.9 Å². The Kier molecular flexibility index (Phi) is 11.2. The van der Waals surface area contributed by atoms with Crippen LogP contribution in [0.25, 0.3) is 0 Å². The number of carbonyl (C=O) groups is 2. The molecule has 3 heterocycles. The summed E-state index contributed by atoms with van der Waals surface area (Å²) in [6, 6.07) is -3.11. The van der Waals surface area contributed by atoms with Gasteiger partial charge in [-0.05, 0) is 0 Å². The summed E-state index contributed by atoms with van der Waals surface area (Å²) in [5.41, 5.74) is 0. The van der Waals surface area contributed by atoms with E-state index in [1.165, 1.54) is 28.0 Å². The van der Waals surface area contributed by atoms with Gasteiger partial charge < -0.3 is 75.0 Å². The van der Waals surface area contributed by atoms with Crippen LogP contribution in [-0.4, -0.2) is 168 Å². The maximum absolute atomic E-state index is 12.2. The van der Waals surface area contributed by atoms with Crippen molar-refractivity contribution in [3.05, 3.63) is 0 Å². The number of aliphatic imine (C=N–C) groups is 1. The van der Waals surface area contributed by atoms with E-state index in [0.29, 0.717) is 0 Å². The summed E-state index contributed by atoms with van der Waals surface area (Å²) in [4.78, 5) is 28.0. The van der Waals surface area contributed by atoms with Crippen molar-refractivity contribution < 1.29 is 68.6 Å². The molecule has 0 aromatic carbocycles. The predicted octanol–water partition coefficient (Wildman–Crippen LogP) is -5.74. The molecule has 4 aliphatic rings. The van der Waals surface area contributed by atoms with E-state index in [-0.39, 0.29) is 12.6 Å². The fourth-order valence-electron chi connectivity index (χ4n) is 6.03. The van der Waals surface area contributed by atoms with Gasteiger partial charge in [0, 0.05) is 28.0 Å². The molecule has 0 radical (unpaired) electrons. The van der Waals surface area contributed by atoms with Crippen molar-refractivity contribution >= 4 is 17.8 Å². The summed E-state index contributed by atoms with van der Waals surface area (Å²) in [7, 11) is 2.85. The van der Waals surface area contributed by atoms with Gasteiger partial charge in [-0.2, -0.15) is 0 Å². The number of aliphatic hydroxyl groups excluding tert-OH is 6. The Labute approximate surface area is 247 Å². The third kappa shape index (κ3) is 6.89. The second-order valence-electron chi connectivity index (χ2n) is 11.0. The van der Waals surface area contributed by atoms with Crippen LogP contribution in [0.5, 0.6) is 0 Å². The number of nitrogens with zero attached hydrogens (tertiary/aromatic N) is 1. The number of rotatable bonds is 10. The lowest BCUT2D eigenvalue weighted by atomic mass is 9.94. The van der Waals surface area contributed by atoms with Gasteiger partial charge in [-0.3, -0.25) is 9.59 Å². The molecular formula is C25H42N4O14. The quantitative estimate of drug-likeness (QED) is 0.110. The topological polar surface area (TPSA) is 259 Å². The maximum Gasteiger partial charge on any atom is 0.285 e. The minimum absolute atomic E-state index is 0.148. The largest absolute Gasteiger partial charge is 0.459 e. The maximum atomic E-state index is 12.2. The molecule has 1 aliphatic carbocycles. The Morgan fingerprint density at radius 1 is 0.860 bits per heavy atom. The molecule has 0 bridgehead atoms. The first-order chi connectivity index (χ1) is 20.4. The third-order valence-corrected chi connectivity index (χ3v) is 8.06. The number of methoxy groups -OCH3 is 1. The number of amidine groups is 1. The lowest BCUT2D eigenvalue weighted by Gasteiger charge is -2.48. The summed E-state index contributed by atoms with van der Waals surface area (Å²) in [5.74, 6) is -1.91. The fraction of sp³-hybridized carbons (Fsp3) is 0.880. The van der Waals surface area contributed by atoms with E-state index in [9.17, 15) is 40.2 Å². The molecule has 43 heavy (non-hydrogen) atoms. The van der Waals surface area contributed by atoms with Gasteiger partial charge >= 0.3 is 0 Å². The summed E-state index contributed by atoms with van der Waals surface area (Å²) >= 11 is 0. The first-order valence-electron chi connectivity index (χ1n) is 13.9. The second kappa shape index (κ2) is 14.2. The first-order valence-corrected chi connectivity index (χ1v) is 13.9. The van der Waals surface area contributed by atoms with Crippen molar-refractivity contribution in [2.45, 2.75) is 99.5 Å². The number of hydrogen-bond acceptors (Lipinski definition) is 15. The number of ether oxygens (including phenoxy) is 6. The van der Waals surface area contributed by atoms with E-state index in [2.05, 4.69) is 20.9 Å². The monoisotopic (exact) mass is 622 g/mol. The van der Waals surface area contributed by atoms with Gasteiger partial charge in [0.15, 0.2) is 12.6 Å². The van der Waals surface area contributed by atoms with E-state index in [1.807, 2.05) is 0 Å². The Balaban J connectivity index is 1.57. The number of nitrogens with one attached hydrogen (secondary N) is 3. The zero-order valence-corrected chi connectivity index (χ0v) is 24.2. The molecule has 0 spiro atoms. The van der Waals surface area contributed by atoms with Gasteiger partial charge in [-0.15, -0.1) is 0 Å². The van der Waals surface area contributed by atoms with Gasteiger partial charge in [0.1, 0.15) is 60.9 Å². The number of aliphatic hydroxyl groups is 6. The molecule has 18 heteroatoms. The van der Waals surface area contributed by atoms with E-state index in [0.717, 1.165) is 0 Å². The highest BCUT2D eigenvalue weighted by Gasteiger charge is 2.59. The van der Waals surface area contributed by atoms with Crippen LogP contribution in [0.3, 0.4) is 0 Å². The zero-order valence-electron chi connectivity index (χ0n) is 24.2. The van der Waals surface area contributed by atoms with Crippen molar-refractivity contribution in [2.75, 3.05) is 34.0 Å². The van der Waals surface area contributed by atoms with Crippen LogP contribution in [0.2, 0.25) is 0 Å². The lowest BCUT2D eigenvalue weighted by molar-refractivity contribution is -0.339. The van der Waals surface area contributed by atoms with Gasteiger partial charge in [-0.1, -0.05) is 0 Å². The number of carbonyl (C=O) groups excluding carboxylic acids is 2. The Morgan fingerprint density at radius 3 is 1.98 bits per heavy atom. The summed E-state index contributed by atoms with van der Waals surface area (Å²) in [6.45, 7) is 1.06. The van der Waals surface area contributed by atoms with Crippen molar-refractivity contribution in [1.82, 2.24) is 16.0 Å². The molecule has 4 rings (SSSR count). The Bertz CT molecular complexity index is 1010. The number of fused-ring (bicyclic) bond motifs is 1. The van der Waals surface area contributed by atoms with Gasteiger partial charge in [0.25, 0.3) is 6.02 Å². The molecule has 2 amide bonds. The van der Waals surface area contributed by atoms with Crippen LogP contribution in [0, 0.1) is 5.92 Å². The van der Waals surface area contributed by atoms with Gasteiger partial charge in [-0.25, -0.2) is 4.99 Å². The average Bonchev–Trinajstić information content (AvgIpc) is 3.49. The SMILES string of the molecule is CN=C1NC2C(O)C(O[C@@H]3O[C@H](CO)[C@@H](O[C@@H]4O[C@H](COC)[C@@H](O)[C@@H](O)[C@H]4NC(C)=O)[C@@H](O)[C@H]3NC(C)=O)C(CO)C2O1. The molecule has 3 aliphatic heterocycles. The first kappa shape index (κ1) is 33.7. The van der Waals surface area contributed by atoms with E-state index < -0.39 is 117 Å². The molecule has 0 aromatic heterocycles. The van der Waals surface area contributed by atoms with E-state index in [4.69, 9.17) is 28.4 Å². The van der Waals surface area contributed by atoms with Crippen LogP contribution in [-0.2, 0) is 38.0 Å². The highest BCUT2D eigenvalue weighted by atomic mass is 16.7. The Hall–Kier alpha value is -2.23. The standard InChI is InChI=1S/C25H42N4O14/c1-8(32)27-14-17(35)16(34)12(7-38-4)40-23(14)42-22-11(6-31)39-24(15(19(22)37)28-9(2)33)41-21-10(5-30)20-13(18(21)36)29-25(26-3)43-20/h10-24,30-31,34-37H,5-7H2,1-4H3,(H,26,29)(H,27,32)(H,28,33)/t10?,11-,12-,13?,14-,15-,16-,17+,18?,19+,20?,21?,22-,23+,24+/m1/s1. The molecule has 0 aromatic rings. The van der Waals surface area contributed by atoms with Crippen molar-refractivity contribution in [3.63, 3.8) is 0 Å². The predicted molar refractivity (Wildman–Crippen MR) is 141 cm³/mol. The molecule has 3 saturated heterocycles. The molecule has 1 saturated carbocycles. The molecule has 5 unspecified atom stereocenters. The molecule has 4 fully saturated rings.